The first kappa shape index (κ1) is 21.7. The molecule has 0 heterocycles. The first-order chi connectivity index (χ1) is 12.5. The number of benzene rings is 1. The maximum Gasteiger partial charge on any atom is 0.223 e. The lowest BCUT2D eigenvalue weighted by Crippen LogP contribution is -2.58. The maximum atomic E-state index is 13.2. The average Bonchev–Trinajstić information content (AvgIpc) is 2.61. The van der Waals surface area contributed by atoms with E-state index in [0.717, 1.165) is 37.2 Å². The molecule has 0 saturated heterocycles. The quantitative estimate of drug-likeness (QED) is 0.749. The summed E-state index contributed by atoms with van der Waals surface area (Å²) < 4.78 is 0. The Morgan fingerprint density at radius 1 is 1.00 bits per heavy atom. The van der Waals surface area contributed by atoms with E-state index in [4.69, 9.17) is 0 Å². The van der Waals surface area contributed by atoms with E-state index in [1.165, 1.54) is 0 Å². The predicted octanol–water partition coefficient (Wildman–Crippen LogP) is 5.18. The average molecular weight is 372 g/mol. The van der Waals surface area contributed by atoms with Gasteiger partial charge in [-0.15, -0.1) is 0 Å². The van der Waals surface area contributed by atoms with Crippen LogP contribution in [0.15, 0.2) is 30.3 Å². The summed E-state index contributed by atoms with van der Waals surface area (Å²) in [6.45, 7) is 12.2. The van der Waals surface area contributed by atoms with Crippen LogP contribution in [0.2, 0.25) is 0 Å². The van der Waals surface area contributed by atoms with Gasteiger partial charge in [0.05, 0.1) is 0 Å². The van der Waals surface area contributed by atoms with Gasteiger partial charge in [-0.1, -0.05) is 65.0 Å². The van der Waals surface area contributed by atoms with Gasteiger partial charge in [0.1, 0.15) is 5.54 Å². The Labute approximate surface area is 165 Å². The normalized spacial score (nSPS) is 22.9. The van der Waals surface area contributed by atoms with Gasteiger partial charge in [0.2, 0.25) is 5.91 Å². The van der Waals surface area contributed by atoms with Gasteiger partial charge >= 0.3 is 0 Å². The van der Waals surface area contributed by atoms with Crippen LogP contribution in [0.1, 0.15) is 72.8 Å². The van der Waals surface area contributed by atoms with Gasteiger partial charge < -0.3 is 5.32 Å². The molecule has 1 N–H and O–H groups in total. The van der Waals surface area contributed by atoms with E-state index in [-0.39, 0.29) is 17.6 Å². The number of rotatable bonds is 6. The summed E-state index contributed by atoms with van der Waals surface area (Å²) in [5.74, 6) is 1.57. The monoisotopic (exact) mass is 371 g/mol. The van der Waals surface area contributed by atoms with Crippen LogP contribution in [0.25, 0.3) is 0 Å². The highest BCUT2D eigenvalue weighted by molar-refractivity contribution is 5.96. The number of carbonyl (C=O) groups is 2. The molecule has 0 aliphatic heterocycles. The number of hydrogen-bond donors (Lipinski definition) is 1. The molecular weight excluding hydrogens is 334 g/mol. The third-order valence-corrected chi connectivity index (χ3v) is 6.07. The zero-order valence-electron chi connectivity index (χ0n) is 18.0. The van der Waals surface area contributed by atoms with E-state index in [1.807, 2.05) is 58.0 Å². The smallest absolute Gasteiger partial charge is 0.223 e. The van der Waals surface area contributed by atoms with E-state index < -0.39 is 11.0 Å². The molecule has 1 aliphatic carbocycles. The third-order valence-electron chi connectivity index (χ3n) is 6.07. The number of hydrogen-bond acceptors (Lipinski definition) is 2. The standard InChI is InChI=1S/C24H37NO2/c1-17(2)19-12-14-20(15-13-19)21(26)25-24(6,22(27)23(3,4)5)16-18-10-8-7-9-11-18/h7-11,17,19-20H,12-16H2,1-6H3,(H,25,26)/t19?,20?,24-/m1/s1. The molecule has 0 radical (unpaired) electrons. The molecule has 1 amide bonds. The van der Waals surface area contributed by atoms with Crippen molar-refractivity contribution in [1.82, 2.24) is 5.32 Å². The van der Waals surface area contributed by atoms with Gasteiger partial charge in [0, 0.05) is 17.8 Å². The van der Waals surface area contributed by atoms with Crippen molar-refractivity contribution in [3.63, 3.8) is 0 Å². The van der Waals surface area contributed by atoms with Crippen molar-refractivity contribution < 1.29 is 9.59 Å². The minimum Gasteiger partial charge on any atom is -0.343 e. The van der Waals surface area contributed by atoms with Crippen molar-refractivity contribution in [3.8, 4) is 0 Å². The molecule has 3 nitrogen and oxygen atoms in total. The van der Waals surface area contributed by atoms with Crippen molar-refractivity contribution in [2.45, 2.75) is 79.2 Å². The van der Waals surface area contributed by atoms with Gasteiger partial charge in [-0.25, -0.2) is 0 Å². The lowest BCUT2D eigenvalue weighted by molar-refractivity contribution is -0.138. The second-order valence-corrected chi connectivity index (χ2v) is 9.92. The Bertz CT molecular complexity index is 636. The molecule has 1 fully saturated rings. The summed E-state index contributed by atoms with van der Waals surface area (Å²) in [5.41, 5.74) is -0.320. The van der Waals surface area contributed by atoms with Gasteiger partial charge in [-0.05, 0) is 50.0 Å². The fourth-order valence-electron chi connectivity index (χ4n) is 4.44. The summed E-state index contributed by atoms with van der Waals surface area (Å²) in [5, 5.41) is 3.17. The highest BCUT2D eigenvalue weighted by Gasteiger charge is 2.42. The van der Waals surface area contributed by atoms with Crippen LogP contribution in [0, 0.1) is 23.2 Å². The van der Waals surface area contributed by atoms with Gasteiger partial charge in [0.15, 0.2) is 5.78 Å². The minimum atomic E-state index is -0.883. The Balaban J connectivity index is 2.14. The number of carbonyl (C=O) groups excluding carboxylic acids is 2. The summed E-state index contributed by atoms with van der Waals surface area (Å²) in [4.78, 5) is 26.3. The van der Waals surface area contributed by atoms with Crippen LogP contribution >= 0.6 is 0 Å². The Morgan fingerprint density at radius 2 is 1.56 bits per heavy atom. The van der Waals surface area contributed by atoms with Gasteiger partial charge in [0.25, 0.3) is 0 Å². The zero-order valence-corrected chi connectivity index (χ0v) is 18.0. The lowest BCUT2D eigenvalue weighted by Gasteiger charge is -2.37. The van der Waals surface area contributed by atoms with Crippen LogP contribution in [0.3, 0.4) is 0 Å². The second-order valence-electron chi connectivity index (χ2n) is 9.92. The summed E-state index contributed by atoms with van der Waals surface area (Å²) in [6.07, 6.45) is 4.60. The van der Waals surface area contributed by atoms with Crippen LogP contribution in [0.5, 0.6) is 0 Å². The van der Waals surface area contributed by atoms with Crippen LogP contribution < -0.4 is 5.32 Å². The maximum absolute atomic E-state index is 13.2. The van der Waals surface area contributed by atoms with Crippen LogP contribution in [-0.4, -0.2) is 17.2 Å². The SMILES string of the molecule is CC(C)C1CCC(C(=O)N[C@](C)(Cc2ccccc2)C(=O)C(C)(C)C)CC1. The Kier molecular flexibility index (Phi) is 6.88. The minimum absolute atomic E-state index is 0.0304. The molecule has 3 heteroatoms. The molecule has 1 saturated carbocycles. The third kappa shape index (κ3) is 5.67. The molecule has 0 aromatic heterocycles. The molecule has 0 spiro atoms. The fraction of sp³-hybridized carbons (Fsp3) is 0.667. The molecular formula is C24H37NO2. The van der Waals surface area contributed by atoms with Crippen molar-refractivity contribution in [1.29, 1.82) is 0 Å². The highest BCUT2D eigenvalue weighted by atomic mass is 16.2. The fourth-order valence-corrected chi connectivity index (χ4v) is 4.44. The van der Waals surface area contributed by atoms with Crippen molar-refractivity contribution >= 4 is 11.7 Å². The van der Waals surface area contributed by atoms with Crippen LogP contribution in [0.4, 0.5) is 0 Å². The summed E-state index contributed by atoms with van der Waals surface area (Å²) >= 11 is 0. The van der Waals surface area contributed by atoms with E-state index in [0.29, 0.717) is 12.3 Å². The number of Topliss-reactive ketones (excluding diaryl/α,β-unsaturated/α-hetero) is 1. The molecule has 0 unspecified atom stereocenters. The van der Waals surface area contributed by atoms with Crippen molar-refractivity contribution in [3.05, 3.63) is 35.9 Å². The molecule has 27 heavy (non-hydrogen) atoms. The molecule has 1 atom stereocenters. The van der Waals surface area contributed by atoms with Crippen molar-refractivity contribution in [2.24, 2.45) is 23.2 Å². The number of amides is 1. The number of nitrogens with one attached hydrogen (secondary N) is 1. The van der Waals surface area contributed by atoms with E-state index >= 15 is 0 Å². The first-order valence-electron chi connectivity index (χ1n) is 10.4. The molecule has 1 aliphatic rings. The summed E-state index contributed by atoms with van der Waals surface area (Å²) in [6, 6.07) is 9.97. The van der Waals surface area contributed by atoms with Gasteiger partial charge in [-0.3, -0.25) is 9.59 Å². The molecule has 150 valence electrons. The topological polar surface area (TPSA) is 46.2 Å². The molecule has 1 aromatic rings. The van der Waals surface area contributed by atoms with E-state index in [9.17, 15) is 9.59 Å². The summed E-state index contributed by atoms with van der Waals surface area (Å²) in [7, 11) is 0. The Hall–Kier alpha value is -1.64. The molecule has 1 aromatic carbocycles. The zero-order chi connectivity index (χ0) is 20.2. The largest absolute Gasteiger partial charge is 0.343 e. The predicted molar refractivity (Wildman–Crippen MR) is 111 cm³/mol. The lowest BCUT2D eigenvalue weighted by atomic mass is 9.74. The molecule has 0 bridgehead atoms. The number of ketones is 1. The van der Waals surface area contributed by atoms with Crippen molar-refractivity contribution in [2.75, 3.05) is 0 Å². The van der Waals surface area contributed by atoms with E-state index in [2.05, 4.69) is 19.2 Å². The highest BCUT2D eigenvalue weighted by Crippen LogP contribution is 2.34. The first-order valence-corrected chi connectivity index (χ1v) is 10.4. The molecule has 2 rings (SSSR count). The van der Waals surface area contributed by atoms with Crippen LogP contribution in [-0.2, 0) is 16.0 Å². The van der Waals surface area contributed by atoms with E-state index in [1.54, 1.807) is 0 Å². The second kappa shape index (κ2) is 8.58. The Morgan fingerprint density at radius 3 is 2.04 bits per heavy atom. The van der Waals surface area contributed by atoms with Gasteiger partial charge in [-0.2, -0.15) is 0 Å².